The van der Waals surface area contributed by atoms with Crippen LogP contribution in [0, 0.1) is 0 Å². The Balaban J connectivity index is 0.860. The second-order valence-electron chi connectivity index (χ2n) is 14.3. The van der Waals surface area contributed by atoms with Crippen molar-refractivity contribution in [3.63, 3.8) is 0 Å². The van der Waals surface area contributed by atoms with Crippen molar-refractivity contribution >= 4 is 40.2 Å². The van der Waals surface area contributed by atoms with Crippen LogP contribution in [-0.2, 0) is 16.1 Å². The molecule has 0 spiro atoms. The van der Waals surface area contributed by atoms with Gasteiger partial charge in [-0.25, -0.2) is 0 Å². The molecule has 3 N–H and O–H groups in total. The van der Waals surface area contributed by atoms with E-state index in [-0.39, 0.29) is 29.9 Å². The van der Waals surface area contributed by atoms with E-state index in [0.717, 1.165) is 81.8 Å². The third kappa shape index (κ3) is 8.31. The number of aromatic hydroxyl groups is 1. The number of phenols is 1. The number of nitrogens with one attached hydrogen (secondary N) is 2. The molecule has 53 heavy (non-hydrogen) atoms. The Hall–Kier alpha value is -5.41. The number of unbranched alkanes of at least 4 members (excludes halogenated alkanes) is 2. The van der Waals surface area contributed by atoms with E-state index < -0.39 is 6.04 Å². The minimum Gasteiger partial charge on any atom is -0.508 e. The van der Waals surface area contributed by atoms with Crippen molar-refractivity contribution in [2.24, 2.45) is 0 Å². The summed E-state index contributed by atoms with van der Waals surface area (Å²) in [5.74, 6) is -0.527. The zero-order valence-corrected chi connectivity index (χ0v) is 30.5. The first-order valence-electron chi connectivity index (χ1n) is 19.0. The molecule has 3 aliphatic heterocycles. The van der Waals surface area contributed by atoms with Crippen molar-refractivity contribution in [1.82, 2.24) is 15.1 Å². The number of hydrogen-bond acceptors (Lipinski definition) is 7. The number of carbonyl (C=O) groups is 3. The molecule has 1 unspecified atom stereocenters. The molecule has 3 aliphatic rings. The molecule has 4 aromatic rings. The number of benzene rings is 4. The molecule has 0 aromatic heterocycles. The number of allylic oxidation sites excluding steroid dienone is 1. The smallest absolute Gasteiger partial charge is 0.255 e. The number of amides is 3. The van der Waals surface area contributed by atoms with Crippen LogP contribution in [0.4, 0.5) is 11.4 Å². The van der Waals surface area contributed by atoms with Crippen molar-refractivity contribution in [3.05, 3.63) is 125 Å². The third-order valence-electron chi connectivity index (χ3n) is 10.8. The lowest BCUT2D eigenvalue weighted by atomic mass is 9.88. The topological polar surface area (TPSA) is 105 Å². The summed E-state index contributed by atoms with van der Waals surface area (Å²) < 4.78 is 0. The summed E-state index contributed by atoms with van der Waals surface area (Å²) in [6.07, 6.45) is 4.89. The van der Waals surface area contributed by atoms with Crippen LogP contribution < -0.4 is 15.5 Å². The number of rotatable bonds is 13. The van der Waals surface area contributed by atoms with Crippen LogP contribution in [0.5, 0.6) is 5.75 Å². The van der Waals surface area contributed by atoms with Crippen molar-refractivity contribution in [2.45, 2.75) is 58.0 Å². The van der Waals surface area contributed by atoms with E-state index in [1.165, 1.54) is 28.0 Å². The van der Waals surface area contributed by atoms with Gasteiger partial charge in [-0.1, -0.05) is 67.9 Å². The zero-order valence-electron chi connectivity index (χ0n) is 30.5. The summed E-state index contributed by atoms with van der Waals surface area (Å²) in [6.45, 7) is 8.68. The van der Waals surface area contributed by atoms with Gasteiger partial charge in [0.2, 0.25) is 11.8 Å². The maximum Gasteiger partial charge on any atom is 0.255 e. The molecular formula is C44H49N5O4. The molecule has 2 saturated heterocycles. The van der Waals surface area contributed by atoms with Crippen LogP contribution in [0.3, 0.4) is 0 Å². The highest BCUT2D eigenvalue weighted by molar-refractivity contribution is 6.05. The van der Waals surface area contributed by atoms with Crippen molar-refractivity contribution in [1.29, 1.82) is 0 Å². The molecule has 3 heterocycles. The van der Waals surface area contributed by atoms with Crippen LogP contribution in [0.2, 0.25) is 0 Å². The van der Waals surface area contributed by atoms with Crippen LogP contribution >= 0.6 is 0 Å². The summed E-state index contributed by atoms with van der Waals surface area (Å²) >= 11 is 0. The van der Waals surface area contributed by atoms with Crippen LogP contribution in [0.1, 0.15) is 78.1 Å². The van der Waals surface area contributed by atoms with Gasteiger partial charge in [-0.15, -0.1) is 0 Å². The van der Waals surface area contributed by atoms with Gasteiger partial charge in [-0.05, 0) is 108 Å². The highest BCUT2D eigenvalue weighted by atomic mass is 16.3. The van der Waals surface area contributed by atoms with Crippen molar-refractivity contribution < 1.29 is 19.5 Å². The average Bonchev–Trinajstić information content (AvgIpc) is 3.51. The highest BCUT2D eigenvalue weighted by Crippen LogP contribution is 2.36. The first-order chi connectivity index (χ1) is 25.9. The molecule has 2 fully saturated rings. The SMILES string of the molecule is CC/C(=C(\c1ccc(O)cc1)c1ccc(N2CCN(CCCCCNc3ccc4c(c3)CN(C3CCC(=O)NC3=O)C4=O)CC2)cc1)c1ccccc1. The van der Waals surface area contributed by atoms with E-state index in [4.69, 9.17) is 0 Å². The van der Waals surface area contributed by atoms with Gasteiger partial charge in [-0.2, -0.15) is 0 Å². The lowest BCUT2D eigenvalue weighted by Gasteiger charge is -2.36. The molecule has 0 saturated carbocycles. The molecule has 0 radical (unpaired) electrons. The normalized spacial score (nSPS) is 18.1. The number of imide groups is 1. The predicted molar refractivity (Wildman–Crippen MR) is 211 cm³/mol. The number of hydrogen-bond donors (Lipinski definition) is 3. The second-order valence-corrected chi connectivity index (χ2v) is 14.3. The fourth-order valence-electron chi connectivity index (χ4n) is 7.93. The van der Waals surface area contributed by atoms with Gasteiger partial charge in [0.05, 0.1) is 0 Å². The molecule has 4 aromatic carbocycles. The standard InChI is InChI=1S/C44H49N5O4/c1-2-38(31-9-5-3-6-10-31)42(33-13-18-37(50)19-14-33)32-11-16-36(17-12-32)48-27-25-47(26-28-48)24-8-4-7-23-45-35-15-20-39-34(29-35)30-49(44(39)53)40-21-22-41(51)46-43(40)52/h3,5-6,9-20,29,40,45,50H,2,4,7-8,21-28,30H2,1H3,(H,46,51,52)/b42-38+. The van der Waals surface area contributed by atoms with Gasteiger partial charge in [0.25, 0.3) is 5.91 Å². The molecule has 3 amide bonds. The van der Waals surface area contributed by atoms with E-state index in [9.17, 15) is 19.5 Å². The van der Waals surface area contributed by atoms with E-state index in [0.29, 0.717) is 18.5 Å². The Morgan fingerprint density at radius 1 is 0.811 bits per heavy atom. The monoisotopic (exact) mass is 711 g/mol. The van der Waals surface area contributed by atoms with Gasteiger partial charge in [-0.3, -0.25) is 24.6 Å². The number of anilines is 2. The number of carbonyl (C=O) groups excluding carboxylic acids is 3. The van der Waals surface area contributed by atoms with Gasteiger partial charge < -0.3 is 20.2 Å². The maximum absolute atomic E-state index is 13.0. The number of fused-ring (bicyclic) bond motifs is 1. The highest BCUT2D eigenvalue weighted by Gasteiger charge is 2.39. The Labute approximate surface area is 312 Å². The minimum absolute atomic E-state index is 0.141. The van der Waals surface area contributed by atoms with Crippen molar-refractivity contribution in [3.8, 4) is 5.75 Å². The molecule has 274 valence electrons. The maximum atomic E-state index is 13.0. The van der Waals surface area contributed by atoms with E-state index in [2.05, 4.69) is 82.0 Å². The second kappa shape index (κ2) is 16.5. The molecule has 7 rings (SSSR count). The zero-order chi connectivity index (χ0) is 36.7. The fourth-order valence-corrected chi connectivity index (χ4v) is 7.93. The first-order valence-corrected chi connectivity index (χ1v) is 19.0. The van der Waals surface area contributed by atoms with E-state index in [1.807, 2.05) is 30.3 Å². The Kier molecular flexibility index (Phi) is 11.2. The molecule has 1 atom stereocenters. The van der Waals surface area contributed by atoms with Gasteiger partial charge >= 0.3 is 0 Å². The van der Waals surface area contributed by atoms with Crippen LogP contribution in [0.15, 0.2) is 97.1 Å². The number of phenolic OH excluding ortho intramolecular Hbond substituents is 1. The Morgan fingerprint density at radius 3 is 2.23 bits per heavy atom. The van der Waals surface area contributed by atoms with Crippen LogP contribution in [0.25, 0.3) is 11.1 Å². The summed E-state index contributed by atoms with van der Waals surface area (Å²) in [7, 11) is 0. The molecule has 0 aliphatic carbocycles. The predicted octanol–water partition coefficient (Wildman–Crippen LogP) is 6.93. The lowest BCUT2D eigenvalue weighted by Crippen LogP contribution is -2.52. The van der Waals surface area contributed by atoms with Gasteiger partial charge in [0, 0.05) is 62.6 Å². The lowest BCUT2D eigenvalue weighted by molar-refractivity contribution is -0.136. The largest absolute Gasteiger partial charge is 0.508 e. The Bertz CT molecular complexity index is 1950. The Morgan fingerprint density at radius 2 is 1.53 bits per heavy atom. The fraction of sp³-hybridized carbons (Fsp3) is 0.341. The molecule has 9 nitrogen and oxygen atoms in total. The summed E-state index contributed by atoms with van der Waals surface area (Å²) in [5, 5.41) is 15.8. The molecular weight excluding hydrogens is 663 g/mol. The summed E-state index contributed by atoms with van der Waals surface area (Å²) in [5.41, 5.74) is 9.78. The first kappa shape index (κ1) is 36.0. The summed E-state index contributed by atoms with van der Waals surface area (Å²) in [6, 6.07) is 32.3. The van der Waals surface area contributed by atoms with Gasteiger partial charge in [0.15, 0.2) is 0 Å². The molecule has 9 heteroatoms. The van der Waals surface area contributed by atoms with Gasteiger partial charge in [0.1, 0.15) is 11.8 Å². The van der Waals surface area contributed by atoms with Crippen molar-refractivity contribution in [2.75, 3.05) is 49.5 Å². The van der Waals surface area contributed by atoms with E-state index in [1.54, 1.807) is 17.0 Å². The number of piperazine rings is 1. The average molecular weight is 712 g/mol. The molecule has 0 bridgehead atoms. The number of piperidine rings is 1. The third-order valence-corrected chi connectivity index (χ3v) is 10.8. The summed E-state index contributed by atoms with van der Waals surface area (Å²) in [4.78, 5) is 43.5. The minimum atomic E-state index is -0.590. The van der Waals surface area contributed by atoms with E-state index >= 15 is 0 Å². The number of nitrogens with zero attached hydrogens (tertiary/aromatic N) is 3. The quantitative estimate of drug-likeness (QED) is 0.0786. The van der Waals surface area contributed by atoms with Crippen LogP contribution in [-0.4, -0.2) is 77.9 Å².